The lowest BCUT2D eigenvalue weighted by molar-refractivity contribution is -0.386. The molecule has 0 aliphatic carbocycles. The van der Waals surface area contributed by atoms with Crippen LogP contribution >= 0.6 is 0 Å². The lowest BCUT2D eigenvalue weighted by Crippen LogP contribution is -2.10. The highest BCUT2D eigenvalue weighted by molar-refractivity contribution is 5.66. The zero-order valence-corrected chi connectivity index (χ0v) is 20.2. The third kappa shape index (κ3) is 7.49. The molecule has 16 nitrogen and oxygen atoms in total. The van der Waals surface area contributed by atoms with Crippen LogP contribution < -0.4 is 28.4 Å². The Bertz CT molecular complexity index is 1120. The molecule has 0 bridgehead atoms. The molecule has 16 heteroatoms. The number of benzene rings is 2. The van der Waals surface area contributed by atoms with Crippen LogP contribution in [0.1, 0.15) is 13.8 Å². The molecule has 0 spiro atoms. The van der Waals surface area contributed by atoms with E-state index in [-0.39, 0.29) is 62.9 Å². The van der Waals surface area contributed by atoms with Crippen molar-refractivity contribution in [2.75, 3.05) is 40.0 Å². The molecule has 2 heterocycles. The molecule has 0 fully saturated rings. The fourth-order valence-corrected chi connectivity index (χ4v) is 3.02. The minimum Gasteiger partial charge on any atom is -0.483 e. The van der Waals surface area contributed by atoms with E-state index < -0.39 is 21.8 Å². The average Bonchev–Trinajstić information content (AvgIpc) is 3.51. The Hall–Kier alpha value is -5.02. The Morgan fingerprint density at radius 3 is 1.34 bits per heavy atom. The Balaban J connectivity index is 0.000000211. The molecule has 0 unspecified atom stereocenters. The highest BCUT2D eigenvalue weighted by Crippen LogP contribution is 2.42. The molecule has 204 valence electrons. The van der Waals surface area contributed by atoms with E-state index in [4.69, 9.17) is 28.4 Å². The first kappa shape index (κ1) is 27.6. The van der Waals surface area contributed by atoms with Gasteiger partial charge in [0.25, 0.3) is 0 Å². The first-order chi connectivity index (χ1) is 18.2. The number of nitro groups is 2. The van der Waals surface area contributed by atoms with Gasteiger partial charge in [-0.15, -0.1) is 0 Å². The van der Waals surface area contributed by atoms with E-state index in [1.807, 2.05) is 0 Å². The summed E-state index contributed by atoms with van der Waals surface area (Å²) in [5, 5.41) is 21.8. The van der Waals surface area contributed by atoms with Crippen LogP contribution in [0.15, 0.2) is 24.3 Å². The van der Waals surface area contributed by atoms with Crippen molar-refractivity contribution in [3.05, 3.63) is 44.5 Å². The molecule has 2 aromatic rings. The third-order valence-electron chi connectivity index (χ3n) is 4.59. The molecule has 4 rings (SSSR count). The molecule has 2 aliphatic rings. The van der Waals surface area contributed by atoms with Crippen molar-refractivity contribution < 1.29 is 57.3 Å². The summed E-state index contributed by atoms with van der Waals surface area (Å²) in [5.74, 6) is 0.578. The molecule has 0 saturated heterocycles. The minimum absolute atomic E-state index is 0.0140. The fraction of sp³-hybridized carbons (Fsp3) is 0.364. The fourth-order valence-electron chi connectivity index (χ4n) is 3.02. The first-order valence-corrected chi connectivity index (χ1v) is 10.8. The maximum absolute atomic E-state index is 10.9. The largest absolute Gasteiger partial charge is 0.483 e. The molecule has 0 amide bonds. The summed E-state index contributed by atoms with van der Waals surface area (Å²) in [6.07, 6.45) is 0. The number of hydrogen-bond acceptors (Lipinski definition) is 14. The number of nitrogens with zero attached hydrogens (tertiary/aromatic N) is 2. The van der Waals surface area contributed by atoms with Crippen LogP contribution in [0.3, 0.4) is 0 Å². The number of hydrogen-bond donors (Lipinski definition) is 0. The van der Waals surface area contributed by atoms with Gasteiger partial charge in [-0.25, -0.2) is 0 Å². The normalized spacial score (nSPS) is 12.1. The van der Waals surface area contributed by atoms with Gasteiger partial charge in [0.1, 0.15) is 26.4 Å². The quantitative estimate of drug-likeness (QED) is 0.185. The molecule has 0 atom stereocenters. The van der Waals surface area contributed by atoms with Gasteiger partial charge in [0, 0.05) is 26.0 Å². The summed E-state index contributed by atoms with van der Waals surface area (Å²) in [5.41, 5.74) is -0.459. The molecule has 0 aromatic heterocycles. The second-order valence-corrected chi connectivity index (χ2v) is 7.24. The first-order valence-electron chi connectivity index (χ1n) is 10.8. The van der Waals surface area contributed by atoms with E-state index in [0.29, 0.717) is 23.0 Å². The Morgan fingerprint density at radius 1 is 0.684 bits per heavy atom. The van der Waals surface area contributed by atoms with Crippen LogP contribution in [0.5, 0.6) is 34.5 Å². The minimum atomic E-state index is -0.580. The van der Waals surface area contributed by atoms with Crippen molar-refractivity contribution in [3.63, 3.8) is 0 Å². The Morgan fingerprint density at radius 2 is 1.03 bits per heavy atom. The second-order valence-electron chi connectivity index (χ2n) is 7.24. The number of ether oxygens (including phenoxy) is 8. The van der Waals surface area contributed by atoms with Crippen molar-refractivity contribution in [3.8, 4) is 34.5 Å². The van der Waals surface area contributed by atoms with E-state index in [0.717, 1.165) is 0 Å². The average molecular weight is 538 g/mol. The predicted octanol–water partition coefficient (Wildman–Crippen LogP) is 2.53. The number of carbonyl (C=O) groups is 2. The summed E-state index contributed by atoms with van der Waals surface area (Å²) < 4.78 is 40.1. The number of carbonyl (C=O) groups excluding carboxylic acids is 2. The highest BCUT2D eigenvalue weighted by Gasteiger charge is 2.25. The molecule has 2 aromatic carbocycles. The number of nitro benzene ring substituents is 2. The van der Waals surface area contributed by atoms with Crippen molar-refractivity contribution in [2.45, 2.75) is 13.8 Å². The number of rotatable bonds is 10. The Labute approximate surface area is 214 Å². The molecule has 2 aliphatic heterocycles. The Kier molecular flexibility index (Phi) is 9.28. The van der Waals surface area contributed by atoms with Gasteiger partial charge in [-0.3, -0.25) is 29.8 Å². The van der Waals surface area contributed by atoms with E-state index in [1.165, 1.54) is 38.1 Å². The van der Waals surface area contributed by atoms with Gasteiger partial charge in [0.05, 0.1) is 22.0 Å². The van der Waals surface area contributed by atoms with Crippen molar-refractivity contribution in [2.24, 2.45) is 0 Å². The summed E-state index contributed by atoms with van der Waals surface area (Å²) in [4.78, 5) is 41.8. The highest BCUT2D eigenvalue weighted by atomic mass is 16.7. The van der Waals surface area contributed by atoms with Crippen molar-refractivity contribution in [1.29, 1.82) is 0 Å². The molecule has 0 saturated carbocycles. The summed E-state index contributed by atoms with van der Waals surface area (Å²) in [6, 6.07) is 5.25. The van der Waals surface area contributed by atoms with E-state index in [9.17, 15) is 29.8 Å². The number of esters is 2. The van der Waals surface area contributed by atoms with Crippen LogP contribution in [0.4, 0.5) is 11.4 Å². The predicted molar refractivity (Wildman–Crippen MR) is 123 cm³/mol. The molecule has 38 heavy (non-hydrogen) atoms. The van der Waals surface area contributed by atoms with Crippen molar-refractivity contribution >= 4 is 23.3 Å². The topological polar surface area (TPSA) is 194 Å². The van der Waals surface area contributed by atoms with Gasteiger partial charge < -0.3 is 37.9 Å². The molecular formula is C22H22N2O14. The van der Waals surface area contributed by atoms with Crippen LogP contribution in [0.25, 0.3) is 0 Å². The summed E-state index contributed by atoms with van der Waals surface area (Å²) in [7, 11) is 0. The summed E-state index contributed by atoms with van der Waals surface area (Å²) in [6.45, 7) is 2.63. The second kappa shape index (κ2) is 12.8. The number of fused-ring (bicyclic) bond motifs is 2. The van der Waals surface area contributed by atoms with Gasteiger partial charge >= 0.3 is 23.3 Å². The van der Waals surface area contributed by atoms with Crippen molar-refractivity contribution in [1.82, 2.24) is 0 Å². The standard InChI is InChI=1S/2C11H11NO7/c2*1-7(13)16-2-3-17-9-5-11-10(18-6-19-11)4-8(9)12(14)15/h2*4-5H,2-3,6H2,1H3. The maximum atomic E-state index is 10.9. The van der Waals surface area contributed by atoms with Crippen LogP contribution in [-0.4, -0.2) is 61.8 Å². The SMILES string of the molecule is CC(=O)OCCOc1cc2c(cc1[N+](=O)[O-])OCO2.CC(=O)OCCOc1cc2c(cc1[N+](=O)[O-])OCO2. The van der Waals surface area contributed by atoms with Gasteiger partial charge in [0.2, 0.25) is 25.1 Å². The maximum Gasteiger partial charge on any atom is 0.314 e. The zero-order valence-electron chi connectivity index (χ0n) is 20.2. The van der Waals surface area contributed by atoms with Crippen LogP contribution in [-0.2, 0) is 19.1 Å². The smallest absolute Gasteiger partial charge is 0.314 e. The molecular weight excluding hydrogens is 516 g/mol. The lowest BCUT2D eigenvalue weighted by Gasteiger charge is -2.07. The monoisotopic (exact) mass is 538 g/mol. The van der Waals surface area contributed by atoms with Crippen LogP contribution in [0, 0.1) is 20.2 Å². The molecule has 0 N–H and O–H groups in total. The van der Waals surface area contributed by atoms with Gasteiger partial charge in [0.15, 0.2) is 23.0 Å². The lowest BCUT2D eigenvalue weighted by atomic mass is 10.2. The summed E-state index contributed by atoms with van der Waals surface area (Å²) >= 11 is 0. The van der Waals surface area contributed by atoms with Gasteiger partial charge in [-0.1, -0.05) is 0 Å². The zero-order chi connectivity index (χ0) is 27.7. The van der Waals surface area contributed by atoms with Crippen LogP contribution in [0.2, 0.25) is 0 Å². The molecule has 0 radical (unpaired) electrons. The van der Waals surface area contributed by atoms with E-state index >= 15 is 0 Å². The third-order valence-corrected chi connectivity index (χ3v) is 4.59. The van der Waals surface area contributed by atoms with E-state index in [1.54, 1.807) is 0 Å². The van der Waals surface area contributed by atoms with Gasteiger partial charge in [-0.05, 0) is 0 Å². The van der Waals surface area contributed by atoms with E-state index in [2.05, 4.69) is 9.47 Å². The van der Waals surface area contributed by atoms with Gasteiger partial charge in [-0.2, -0.15) is 0 Å².